The molecular weight excluding hydrogens is 268 g/mol. The van der Waals surface area contributed by atoms with Crippen LogP contribution in [0, 0.1) is 11.6 Å². The van der Waals surface area contributed by atoms with Crippen LogP contribution in [0.15, 0.2) is 18.2 Å². The number of hydrogen-bond donors (Lipinski definition) is 1. The highest BCUT2D eigenvalue weighted by Crippen LogP contribution is 2.11. The second-order valence-corrected chi connectivity index (χ2v) is 3.82. The molecule has 1 unspecified atom stereocenters. The summed E-state index contributed by atoms with van der Waals surface area (Å²) >= 11 is 5.57. The van der Waals surface area contributed by atoms with Gasteiger partial charge in [-0.15, -0.1) is 11.6 Å². The number of halogens is 3. The molecule has 18 heavy (non-hydrogen) atoms. The molecule has 0 aromatic heterocycles. The van der Waals surface area contributed by atoms with E-state index in [0.717, 1.165) is 25.3 Å². The van der Waals surface area contributed by atoms with E-state index in [9.17, 15) is 18.4 Å². The number of carbonyl (C=O) groups excluding carboxylic acids is 2. The lowest BCUT2D eigenvalue weighted by Crippen LogP contribution is -2.35. The van der Waals surface area contributed by atoms with E-state index in [-0.39, 0.29) is 6.54 Å². The summed E-state index contributed by atoms with van der Waals surface area (Å²) in [6.45, 7) is -0.291. The third kappa shape index (κ3) is 3.40. The van der Waals surface area contributed by atoms with Crippen LogP contribution in [-0.4, -0.2) is 30.9 Å². The van der Waals surface area contributed by atoms with Crippen LogP contribution in [0.25, 0.3) is 0 Å². The third-order valence-corrected chi connectivity index (χ3v) is 2.42. The first-order valence-electron chi connectivity index (χ1n) is 4.91. The van der Waals surface area contributed by atoms with Gasteiger partial charge in [-0.25, -0.2) is 8.78 Å². The van der Waals surface area contributed by atoms with E-state index in [0.29, 0.717) is 0 Å². The molecule has 0 spiro atoms. The zero-order valence-electron chi connectivity index (χ0n) is 9.38. The molecule has 4 nitrogen and oxygen atoms in total. The fraction of sp³-hybridized carbons (Fsp3) is 0.273. The number of alkyl halides is 1. The molecule has 0 aliphatic heterocycles. The predicted octanol–water partition coefficient (Wildman–Crippen LogP) is 1.47. The number of rotatable bonds is 4. The molecule has 1 amide bonds. The molecule has 0 saturated carbocycles. The van der Waals surface area contributed by atoms with Gasteiger partial charge in [-0.2, -0.15) is 0 Å². The average molecular weight is 278 g/mol. The summed E-state index contributed by atoms with van der Waals surface area (Å²) in [5.74, 6) is -3.71. The molecule has 1 atom stereocenters. The molecule has 0 radical (unpaired) electrons. The number of esters is 1. The van der Waals surface area contributed by atoms with Gasteiger partial charge in [-0.1, -0.05) is 6.07 Å². The van der Waals surface area contributed by atoms with Crippen molar-refractivity contribution in [1.82, 2.24) is 5.32 Å². The van der Waals surface area contributed by atoms with Crippen LogP contribution in [0.4, 0.5) is 8.78 Å². The molecule has 0 aliphatic carbocycles. The first-order chi connectivity index (χ1) is 8.47. The van der Waals surface area contributed by atoms with Crippen molar-refractivity contribution >= 4 is 23.5 Å². The summed E-state index contributed by atoms with van der Waals surface area (Å²) in [5, 5.41) is 1.03. The minimum Gasteiger partial charge on any atom is -0.468 e. The van der Waals surface area contributed by atoms with Gasteiger partial charge in [0.15, 0.2) is 0 Å². The van der Waals surface area contributed by atoms with Crippen molar-refractivity contribution in [2.45, 2.75) is 5.38 Å². The molecule has 1 aromatic rings. The number of ether oxygens (including phenoxy) is 1. The molecule has 0 heterocycles. The van der Waals surface area contributed by atoms with Crippen molar-refractivity contribution in [3.8, 4) is 0 Å². The Balaban J connectivity index is 2.69. The number of nitrogens with one attached hydrogen (secondary N) is 1. The molecule has 1 rings (SSSR count). The van der Waals surface area contributed by atoms with E-state index in [1.807, 2.05) is 0 Å². The second kappa shape index (κ2) is 6.30. The lowest BCUT2D eigenvalue weighted by Gasteiger charge is -2.09. The molecule has 1 N–H and O–H groups in total. The van der Waals surface area contributed by atoms with Gasteiger partial charge in [0.2, 0.25) is 0 Å². The summed E-state index contributed by atoms with van der Waals surface area (Å²) in [5.41, 5.74) is -0.716. The van der Waals surface area contributed by atoms with E-state index in [4.69, 9.17) is 11.6 Å². The minimum atomic E-state index is -1.12. The van der Waals surface area contributed by atoms with E-state index in [1.165, 1.54) is 0 Å². The smallest absolute Gasteiger partial charge is 0.325 e. The van der Waals surface area contributed by atoms with Crippen LogP contribution in [0.5, 0.6) is 0 Å². The van der Waals surface area contributed by atoms with Crippen molar-refractivity contribution in [1.29, 1.82) is 0 Å². The maximum Gasteiger partial charge on any atom is 0.325 e. The van der Waals surface area contributed by atoms with Gasteiger partial charge in [0.05, 0.1) is 7.11 Å². The molecular formula is C11H10ClF2NO3. The molecule has 0 bridgehead atoms. The van der Waals surface area contributed by atoms with Crippen LogP contribution in [-0.2, 0) is 9.53 Å². The van der Waals surface area contributed by atoms with Gasteiger partial charge in [0.25, 0.3) is 5.91 Å². The van der Waals surface area contributed by atoms with Crippen molar-refractivity contribution in [3.63, 3.8) is 0 Å². The van der Waals surface area contributed by atoms with Crippen molar-refractivity contribution < 1.29 is 23.1 Å². The topological polar surface area (TPSA) is 55.4 Å². The van der Waals surface area contributed by atoms with E-state index in [2.05, 4.69) is 10.1 Å². The Morgan fingerprint density at radius 2 is 1.94 bits per heavy atom. The summed E-state index contributed by atoms with van der Waals surface area (Å²) in [6.07, 6.45) is 0. The minimum absolute atomic E-state index is 0.291. The molecule has 0 aliphatic rings. The average Bonchev–Trinajstić information content (AvgIpc) is 2.34. The fourth-order valence-electron chi connectivity index (χ4n) is 1.20. The fourth-order valence-corrected chi connectivity index (χ4v) is 1.36. The molecule has 98 valence electrons. The van der Waals surface area contributed by atoms with Crippen LogP contribution in [0.3, 0.4) is 0 Å². The van der Waals surface area contributed by atoms with E-state index in [1.54, 1.807) is 0 Å². The first kappa shape index (κ1) is 14.4. The van der Waals surface area contributed by atoms with Crippen LogP contribution in [0.2, 0.25) is 0 Å². The highest BCUT2D eigenvalue weighted by molar-refractivity contribution is 6.30. The normalized spacial score (nSPS) is 11.8. The molecule has 0 fully saturated rings. The maximum atomic E-state index is 13.2. The lowest BCUT2D eigenvalue weighted by atomic mass is 10.2. The Morgan fingerprint density at radius 1 is 1.39 bits per heavy atom. The Labute approximate surface area is 107 Å². The van der Waals surface area contributed by atoms with Gasteiger partial charge in [-0.05, 0) is 12.1 Å². The van der Waals surface area contributed by atoms with E-state index >= 15 is 0 Å². The molecule has 0 saturated heterocycles. The number of benzene rings is 1. The van der Waals surface area contributed by atoms with Crippen molar-refractivity contribution in [2.75, 3.05) is 13.7 Å². The number of carbonyl (C=O) groups is 2. The van der Waals surface area contributed by atoms with Crippen LogP contribution >= 0.6 is 11.6 Å². The Kier molecular flexibility index (Phi) is 5.03. The highest BCUT2D eigenvalue weighted by atomic mass is 35.5. The Morgan fingerprint density at radius 3 is 2.44 bits per heavy atom. The van der Waals surface area contributed by atoms with Crippen molar-refractivity contribution in [2.24, 2.45) is 0 Å². The predicted molar refractivity (Wildman–Crippen MR) is 60.3 cm³/mol. The quantitative estimate of drug-likeness (QED) is 0.670. The summed E-state index contributed by atoms with van der Waals surface area (Å²) < 4.78 is 30.8. The van der Waals surface area contributed by atoms with Gasteiger partial charge >= 0.3 is 5.97 Å². The summed E-state index contributed by atoms with van der Waals surface area (Å²) in [6, 6.07) is 3.05. The Bertz CT molecular complexity index is 447. The molecule has 1 aromatic carbocycles. The molecule has 7 heteroatoms. The van der Waals surface area contributed by atoms with Gasteiger partial charge < -0.3 is 10.1 Å². The van der Waals surface area contributed by atoms with E-state index < -0.39 is 34.5 Å². The summed E-state index contributed by atoms with van der Waals surface area (Å²) in [4.78, 5) is 22.4. The van der Waals surface area contributed by atoms with Gasteiger partial charge in [0.1, 0.15) is 22.6 Å². The zero-order chi connectivity index (χ0) is 13.7. The number of methoxy groups -OCH3 is 1. The maximum absolute atomic E-state index is 13.2. The monoisotopic (exact) mass is 277 g/mol. The van der Waals surface area contributed by atoms with Crippen LogP contribution in [0.1, 0.15) is 10.4 Å². The van der Waals surface area contributed by atoms with Gasteiger partial charge in [0, 0.05) is 6.54 Å². The van der Waals surface area contributed by atoms with Gasteiger partial charge in [-0.3, -0.25) is 9.59 Å². The number of amides is 1. The highest BCUT2D eigenvalue weighted by Gasteiger charge is 2.20. The standard InChI is InChI=1S/C11H10ClF2NO3/c1-18-11(17)6(12)5-15-10(16)9-7(13)3-2-4-8(9)14/h2-4,6H,5H2,1H3,(H,15,16). The Hall–Kier alpha value is -1.69. The third-order valence-electron chi connectivity index (χ3n) is 2.09. The van der Waals surface area contributed by atoms with Crippen molar-refractivity contribution in [3.05, 3.63) is 35.4 Å². The first-order valence-corrected chi connectivity index (χ1v) is 5.35. The largest absolute Gasteiger partial charge is 0.468 e. The second-order valence-electron chi connectivity index (χ2n) is 3.30. The summed E-state index contributed by atoms with van der Waals surface area (Å²) in [7, 11) is 1.13. The SMILES string of the molecule is COC(=O)C(Cl)CNC(=O)c1c(F)cccc1F. The van der Waals surface area contributed by atoms with Crippen LogP contribution < -0.4 is 5.32 Å². The zero-order valence-corrected chi connectivity index (χ0v) is 10.1. The lowest BCUT2D eigenvalue weighted by molar-refractivity contribution is -0.140. The number of hydrogen-bond acceptors (Lipinski definition) is 3.